The van der Waals surface area contributed by atoms with Crippen molar-refractivity contribution in [2.75, 3.05) is 11.9 Å². The number of hydrogen-bond acceptors (Lipinski definition) is 2. The molecule has 0 amide bonds. The highest BCUT2D eigenvalue weighted by Crippen LogP contribution is 2.21. The summed E-state index contributed by atoms with van der Waals surface area (Å²) in [4.78, 5) is 0. The number of halogens is 2. The highest BCUT2D eigenvalue weighted by Gasteiger charge is 2.15. The number of nitrogens with one attached hydrogen (secondary N) is 1. The molecule has 0 spiro atoms. The number of hydrogen-bond donors (Lipinski definition) is 1. The first kappa shape index (κ1) is 12.8. The summed E-state index contributed by atoms with van der Waals surface area (Å²) in [5.74, 6) is -0.426. The molecule has 0 saturated heterocycles. The van der Waals surface area contributed by atoms with Gasteiger partial charge in [-0.3, -0.25) is 0 Å². The lowest BCUT2D eigenvalue weighted by Gasteiger charge is -2.15. The Morgan fingerprint density at radius 1 is 1.50 bits per heavy atom. The summed E-state index contributed by atoms with van der Waals surface area (Å²) in [6, 6.07) is 6.71. The number of anilines is 1. The van der Waals surface area contributed by atoms with Crippen molar-refractivity contribution < 1.29 is 4.39 Å². The van der Waals surface area contributed by atoms with Crippen molar-refractivity contribution >= 4 is 17.3 Å². The zero-order valence-corrected chi connectivity index (χ0v) is 10.1. The first-order valence-corrected chi connectivity index (χ1v) is 5.42. The zero-order valence-electron chi connectivity index (χ0n) is 9.35. The quantitative estimate of drug-likeness (QED) is 0.868. The Morgan fingerprint density at radius 3 is 2.75 bits per heavy atom. The first-order chi connectivity index (χ1) is 7.44. The molecular weight excluding hydrogens is 227 g/mol. The Labute approximate surface area is 100 Å². The van der Waals surface area contributed by atoms with Crippen LogP contribution in [0.5, 0.6) is 0 Å². The van der Waals surface area contributed by atoms with Crippen LogP contribution >= 0.6 is 11.6 Å². The molecule has 0 aliphatic heterocycles. The van der Waals surface area contributed by atoms with Crippen molar-refractivity contribution in [3.8, 4) is 6.07 Å². The van der Waals surface area contributed by atoms with Crippen LogP contribution in [-0.4, -0.2) is 6.54 Å². The molecule has 1 rings (SSSR count). The summed E-state index contributed by atoms with van der Waals surface area (Å²) in [6.45, 7) is 4.42. The molecule has 0 aromatic heterocycles. The average Bonchev–Trinajstić information content (AvgIpc) is 2.23. The van der Waals surface area contributed by atoms with Crippen LogP contribution in [0.3, 0.4) is 0 Å². The fourth-order valence-electron chi connectivity index (χ4n) is 1.18. The van der Waals surface area contributed by atoms with Gasteiger partial charge in [-0.15, -0.1) is 0 Å². The molecule has 1 N–H and O–H groups in total. The van der Waals surface area contributed by atoms with E-state index in [0.717, 1.165) is 12.1 Å². The van der Waals surface area contributed by atoms with Gasteiger partial charge in [0.25, 0.3) is 0 Å². The van der Waals surface area contributed by atoms with Gasteiger partial charge in [-0.2, -0.15) is 5.26 Å². The first-order valence-electron chi connectivity index (χ1n) is 5.05. The van der Waals surface area contributed by atoms with Gasteiger partial charge in [-0.1, -0.05) is 11.6 Å². The maximum absolute atomic E-state index is 12.9. The summed E-state index contributed by atoms with van der Waals surface area (Å²) in [5.41, 5.74) is 0.414. The normalized spacial score (nSPS) is 10.9. The van der Waals surface area contributed by atoms with Crippen LogP contribution in [0.15, 0.2) is 18.2 Å². The van der Waals surface area contributed by atoms with Crippen LogP contribution in [-0.2, 0) is 0 Å². The molecule has 16 heavy (non-hydrogen) atoms. The molecule has 4 heteroatoms. The standard InChI is InChI=1S/C12H14ClFN2/c1-12(2,8-15)5-6-16-9-3-4-11(14)10(13)7-9/h3-4,7,16H,5-6H2,1-2H3. The van der Waals surface area contributed by atoms with E-state index in [1.807, 2.05) is 13.8 Å². The maximum atomic E-state index is 12.9. The molecule has 0 aliphatic rings. The lowest BCUT2D eigenvalue weighted by molar-refractivity contribution is 0.466. The van der Waals surface area contributed by atoms with E-state index < -0.39 is 5.82 Å². The summed E-state index contributed by atoms with van der Waals surface area (Å²) >= 11 is 5.64. The van der Waals surface area contributed by atoms with E-state index >= 15 is 0 Å². The lowest BCUT2D eigenvalue weighted by Crippen LogP contribution is -2.14. The van der Waals surface area contributed by atoms with Crippen LogP contribution in [0.1, 0.15) is 20.3 Å². The molecule has 0 radical (unpaired) electrons. The van der Waals surface area contributed by atoms with Gasteiger partial charge >= 0.3 is 0 Å². The van der Waals surface area contributed by atoms with Crippen LogP contribution in [0.4, 0.5) is 10.1 Å². The van der Waals surface area contributed by atoms with Gasteiger partial charge in [-0.25, -0.2) is 4.39 Å². The van der Waals surface area contributed by atoms with Crippen molar-refractivity contribution in [1.82, 2.24) is 0 Å². The van der Waals surface area contributed by atoms with Crippen molar-refractivity contribution in [1.29, 1.82) is 5.26 Å². The molecular formula is C12H14ClFN2. The molecule has 0 aliphatic carbocycles. The van der Waals surface area contributed by atoms with Gasteiger partial charge in [0.2, 0.25) is 0 Å². The molecule has 1 aromatic rings. The third-order valence-corrected chi connectivity index (χ3v) is 2.59. The molecule has 0 fully saturated rings. The molecule has 0 saturated carbocycles. The third kappa shape index (κ3) is 3.71. The Morgan fingerprint density at radius 2 is 2.19 bits per heavy atom. The Kier molecular flexibility index (Phi) is 4.14. The van der Waals surface area contributed by atoms with Gasteiger partial charge in [0.15, 0.2) is 0 Å². The molecule has 0 unspecified atom stereocenters. The van der Waals surface area contributed by atoms with Gasteiger partial charge in [0.1, 0.15) is 5.82 Å². The van der Waals surface area contributed by atoms with E-state index in [0.29, 0.717) is 6.54 Å². The minimum absolute atomic E-state index is 0.101. The van der Waals surface area contributed by atoms with Gasteiger partial charge in [0.05, 0.1) is 16.5 Å². The lowest BCUT2D eigenvalue weighted by atomic mass is 9.91. The minimum atomic E-state index is -0.426. The van der Waals surface area contributed by atoms with Crippen molar-refractivity contribution in [2.45, 2.75) is 20.3 Å². The van der Waals surface area contributed by atoms with E-state index in [-0.39, 0.29) is 10.4 Å². The predicted molar refractivity (Wildman–Crippen MR) is 63.9 cm³/mol. The number of nitrogens with zero attached hydrogens (tertiary/aromatic N) is 1. The maximum Gasteiger partial charge on any atom is 0.141 e. The van der Waals surface area contributed by atoms with Crippen LogP contribution < -0.4 is 5.32 Å². The van der Waals surface area contributed by atoms with Gasteiger partial charge in [0, 0.05) is 12.2 Å². The van der Waals surface area contributed by atoms with Crippen molar-refractivity contribution in [3.63, 3.8) is 0 Å². The third-order valence-electron chi connectivity index (χ3n) is 2.30. The summed E-state index contributed by atoms with van der Waals surface area (Å²) in [5, 5.41) is 12.0. The Bertz CT molecular complexity index is 410. The number of rotatable bonds is 4. The smallest absolute Gasteiger partial charge is 0.141 e. The van der Waals surface area contributed by atoms with Crippen LogP contribution in [0.2, 0.25) is 5.02 Å². The number of nitriles is 1. The van der Waals surface area contributed by atoms with Crippen LogP contribution in [0, 0.1) is 22.6 Å². The molecule has 2 nitrogen and oxygen atoms in total. The summed E-state index contributed by atoms with van der Waals surface area (Å²) < 4.78 is 12.9. The minimum Gasteiger partial charge on any atom is -0.385 e. The second-order valence-corrected chi connectivity index (χ2v) is 4.71. The largest absolute Gasteiger partial charge is 0.385 e. The summed E-state index contributed by atoms with van der Waals surface area (Å²) in [7, 11) is 0. The second kappa shape index (κ2) is 5.18. The second-order valence-electron chi connectivity index (χ2n) is 4.30. The zero-order chi connectivity index (χ0) is 12.2. The topological polar surface area (TPSA) is 35.8 Å². The monoisotopic (exact) mass is 240 g/mol. The highest BCUT2D eigenvalue weighted by molar-refractivity contribution is 6.31. The van der Waals surface area contributed by atoms with E-state index in [9.17, 15) is 4.39 Å². The summed E-state index contributed by atoms with van der Waals surface area (Å²) in [6.07, 6.45) is 0.721. The molecule has 0 atom stereocenters. The SMILES string of the molecule is CC(C)(C#N)CCNc1ccc(F)c(Cl)c1. The fourth-order valence-corrected chi connectivity index (χ4v) is 1.36. The molecule has 0 heterocycles. The van der Waals surface area contributed by atoms with Gasteiger partial charge in [-0.05, 0) is 38.5 Å². The van der Waals surface area contributed by atoms with Crippen molar-refractivity contribution in [3.05, 3.63) is 29.0 Å². The molecule has 0 bridgehead atoms. The molecule has 86 valence electrons. The average molecular weight is 241 g/mol. The van der Waals surface area contributed by atoms with Crippen molar-refractivity contribution in [2.24, 2.45) is 5.41 Å². The molecule has 1 aromatic carbocycles. The van der Waals surface area contributed by atoms with E-state index in [2.05, 4.69) is 11.4 Å². The Hall–Kier alpha value is -1.27. The van der Waals surface area contributed by atoms with E-state index in [1.54, 1.807) is 6.07 Å². The van der Waals surface area contributed by atoms with Crippen LogP contribution in [0.25, 0.3) is 0 Å². The predicted octanol–water partition coefficient (Wildman–Crippen LogP) is 3.83. The van der Waals surface area contributed by atoms with E-state index in [4.69, 9.17) is 16.9 Å². The van der Waals surface area contributed by atoms with E-state index in [1.165, 1.54) is 12.1 Å². The highest BCUT2D eigenvalue weighted by atomic mass is 35.5. The van der Waals surface area contributed by atoms with Gasteiger partial charge < -0.3 is 5.32 Å². The fraction of sp³-hybridized carbons (Fsp3) is 0.417. The number of benzene rings is 1. The Balaban J connectivity index is 2.50.